The van der Waals surface area contributed by atoms with Crippen LogP contribution in [0.3, 0.4) is 0 Å². The first-order valence-corrected chi connectivity index (χ1v) is 5.24. The first-order valence-electron chi connectivity index (χ1n) is 5.24. The van der Waals surface area contributed by atoms with Gasteiger partial charge in [0.2, 0.25) is 0 Å². The van der Waals surface area contributed by atoms with Crippen LogP contribution in [0.4, 0.5) is 0 Å². The molecule has 1 aliphatic carbocycles. The van der Waals surface area contributed by atoms with E-state index >= 15 is 0 Å². The van der Waals surface area contributed by atoms with Crippen LogP contribution in [-0.4, -0.2) is 45.6 Å². The van der Waals surface area contributed by atoms with Gasteiger partial charge in [-0.05, 0) is 6.42 Å². The van der Waals surface area contributed by atoms with Gasteiger partial charge in [-0.2, -0.15) is 0 Å². The molecular weight excluding hydrogens is 216 g/mol. The van der Waals surface area contributed by atoms with Gasteiger partial charge >= 0.3 is 11.9 Å². The van der Waals surface area contributed by atoms with Crippen molar-refractivity contribution in [1.82, 2.24) is 0 Å². The first kappa shape index (κ1) is 12.9. The van der Waals surface area contributed by atoms with Crippen LogP contribution >= 0.6 is 0 Å². The van der Waals surface area contributed by atoms with E-state index in [2.05, 4.69) is 0 Å². The molecule has 0 bridgehead atoms. The highest BCUT2D eigenvalue weighted by atomic mass is 16.5. The molecule has 0 aromatic rings. The fourth-order valence-electron chi connectivity index (χ4n) is 1.76. The van der Waals surface area contributed by atoms with Crippen molar-refractivity contribution in [2.24, 2.45) is 0 Å². The summed E-state index contributed by atoms with van der Waals surface area (Å²) < 4.78 is 4.96. The molecule has 2 atom stereocenters. The number of hydrogen-bond donors (Lipinski definition) is 3. The number of hydrogen-bond acceptors (Lipinski definition) is 5. The lowest BCUT2D eigenvalue weighted by Gasteiger charge is -2.29. The minimum atomic E-state index is -1.05. The molecule has 0 saturated heterocycles. The fourth-order valence-corrected chi connectivity index (χ4v) is 1.76. The van der Waals surface area contributed by atoms with Gasteiger partial charge in [-0.1, -0.05) is 0 Å². The molecule has 0 heterocycles. The Morgan fingerprint density at radius 2 is 1.62 bits per heavy atom. The van der Waals surface area contributed by atoms with Crippen molar-refractivity contribution < 1.29 is 29.6 Å². The summed E-state index contributed by atoms with van der Waals surface area (Å²) in [5, 5.41) is 27.0. The predicted molar refractivity (Wildman–Crippen MR) is 52.6 cm³/mol. The Hall–Kier alpha value is -1.14. The molecule has 0 aliphatic heterocycles. The zero-order valence-corrected chi connectivity index (χ0v) is 8.83. The monoisotopic (exact) mass is 232 g/mol. The number of esters is 1. The quantitative estimate of drug-likeness (QED) is 0.573. The largest absolute Gasteiger partial charge is 0.481 e. The molecule has 3 N–H and O–H groups in total. The zero-order valence-electron chi connectivity index (χ0n) is 8.83. The lowest BCUT2D eigenvalue weighted by atomic mass is 9.92. The van der Waals surface area contributed by atoms with Gasteiger partial charge in [0, 0.05) is 12.8 Å². The number of aliphatic carboxylic acids is 1. The second-order valence-electron chi connectivity index (χ2n) is 4.02. The highest BCUT2D eigenvalue weighted by molar-refractivity contribution is 5.76. The number of aliphatic hydroxyl groups is 2. The number of carbonyl (C=O) groups is 2. The molecule has 6 heteroatoms. The van der Waals surface area contributed by atoms with E-state index < -0.39 is 30.3 Å². The maximum Gasteiger partial charge on any atom is 0.306 e. The van der Waals surface area contributed by atoms with Crippen molar-refractivity contribution in [3.8, 4) is 0 Å². The highest BCUT2D eigenvalue weighted by Crippen LogP contribution is 2.22. The summed E-state index contributed by atoms with van der Waals surface area (Å²) in [5.74, 6) is -1.66. The summed E-state index contributed by atoms with van der Waals surface area (Å²) >= 11 is 0. The Morgan fingerprint density at radius 3 is 2.12 bits per heavy atom. The summed E-state index contributed by atoms with van der Waals surface area (Å²) in [6.07, 6.45) is -1.40. The van der Waals surface area contributed by atoms with Gasteiger partial charge in [-0.15, -0.1) is 0 Å². The van der Waals surface area contributed by atoms with Crippen molar-refractivity contribution in [3.05, 3.63) is 0 Å². The van der Waals surface area contributed by atoms with Crippen LogP contribution < -0.4 is 0 Å². The van der Waals surface area contributed by atoms with Crippen molar-refractivity contribution in [3.63, 3.8) is 0 Å². The topological polar surface area (TPSA) is 104 Å². The van der Waals surface area contributed by atoms with Crippen LogP contribution in [0.25, 0.3) is 0 Å². The maximum absolute atomic E-state index is 11.2. The third kappa shape index (κ3) is 4.59. The third-order valence-corrected chi connectivity index (χ3v) is 2.46. The van der Waals surface area contributed by atoms with Gasteiger partial charge in [0.1, 0.15) is 6.10 Å². The SMILES string of the molecule is O=C(O)CCC(=O)OC1CC(O)CC(O)C1. The molecule has 0 spiro atoms. The van der Waals surface area contributed by atoms with E-state index in [1.807, 2.05) is 0 Å². The molecule has 0 aromatic carbocycles. The minimum Gasteiger partial charge on any atom is -0.481 e. The lowest BCUT2D eigenvalue weighted by molar-refractivity contribution is -0.157. The summed E-state index contributed by atoms with van der Waals surface area (Å²) in [6, 6.07) is 0. The molecule has 1 fully saturated rings. The smallest absolute Gasteiger partial charge is 0.306 e. The second kappa shape index (κ2) is 5.81. The summed E-state index contributed by atoms with van der Waals surface area (Å²) in [6.45, 7) is 0. The average molecular weight is 232 g/mol. The molecule has 1 aliphatic rings. The molecule has 6 nitrogen and oxygen atoms in total. The van der Waals surface area contributed by atoms with Crippen LogP contribution in [-0.2, 0) is 14.3 Å². The van der Waals surface area contributed by atoms with Crippen LogP contribution in [0.15, 0.2) is 0 Å². The summed E-state index contributed by atoms with van der Waals surface area (Å²) in [5.41, 5.74) is 0. The van der Waals surface area contributed by atoms with Gasteiger partial charge in [0.25, 0.3) is 0 Å². The summed E-state index contributed by atoms with van der Waals surface area (Å²) in [4.78, 5) is 21.4. The molecule has 1 rings (SSSR count). The predicted octanol–water partition coefficient (Wildman–Crippen LogP) is -0.331. The van der Waals surface area contributed by atoms with Gasteiger partial charge in [0.15, 0.2) is 0 Å². The van der Waals surface area contributed by atoms with E-state index in [-0.39, 0.29) is 12.8 Å². The number of carboxylic acid groups (broad SMARTS) is 1. The Morgan fingerprint density at radius 1 is 1.06 bits per heavy atom. The van der Waals surface area contributed by atoms with E-state index in [4.69, 9.17) is 9.84 Å². The summed E-state index contributed by atoms with van der Waals surface area (Å²) in [7, 11) is 0. The van der Waals surface area contributed by atoms with Crippen molar-refractivity contribution in [2.45, 2.75) is 50.4 Å². The first-order chi connectivity index (χ1) is 7.47. The van der Waals surface area contributed by atoms with E-state index in [0.29, 0.717) is 19.3 Å². The number of carboxylic acids is 1. The highest BCUT2D eigenvalue weighted by Gasteiger charge is 2.28. The van der Waals surface area contributed by atoms with E-state index in [1.54, 1.807) is 0 Å². The van der Waals surface area contributed by atoms with Gasteiger partial charge in [-0.25, -0.2) is 0 Å². The van der Waals surface area contributed by atoms with E-state index in [9.17, 15) is 19.8 Å². The molecular formula is C10H16O6. The van der Waals surface area contributed by atoms with Crippen molar-refractivity contribution in [1.29, 1.82) is 0 Å². The average Bonchev–Trinajstić information content (AvgIpc) is 2.12. The van der Waals surface area contributed by atoms with E-state index in [0.717, 1.165) is 0 Å². The molecule has 16 heavy (non-hydrogen) atoms. The van der Waals surface area contributed by atoms with Gasteiger partial charge in [-0.3, -0.25) is 9.59 Å². The van der Waals surface area contributed by atoms with Gasteiger partial charge in [0.05, 0.1) is 25.0 Å². The number of carbonyl (C=O) groups excluding carboxylic acids is 1. The Labute approximate surface area is 92.8 Å². The van der Waals surface area contributed by atoms with Crippen LogP contribution in [0.5, 0.6) is 0 Å². The van der Waals surface area contributed by atoms with Crippen LogP contribution in [0.2, 0.25) is 0 Å². The number of aliphatic hydroxyl groups excluding tert-OH is 2. The van der Waals surface area contributed by atoms with Gasteiger partial charge < -0.3 is 20.1 Å². The molecule has 0 radical (unpaired) electrons. The van der Waals surface area contributed by atoms with Crippen LogP contribution in [0, 0.1) is 0 Å². The molecule has 0 aromatic heterocycles. The Bertz CT molecular complexity index is 254. The standard InChI is InChI=1S/C10H16O6/c11-6-3-7(12)5-8(4-6)16-10(15)2-1-9(13)14/h6-8,11-12H,1-5H2,(H,13,14). The molecule has 1 saturated carbocycles. The Kier molecular flexibility index (Phi) is 4.70. The zero-order chi connectivity index (χ0) is 12.1. The second-order valence-corrected chi connectivity index (χ2v) is 4.02. The Balaban J connectivity index is 2.30. The fraction of sp³-hybridized carbons (Fsp3) is 0.800. The number of ether oxygens (including phenoxy) is 1. The van der Waals surface area contributed by atoms with Crippen molar-refractivity contribution in [2.75, 3.05) is 0 Å². The normalized spacial score (nSPS) is 29.8. The maximum atomic E-state index is 11.2. The third-order valence-electron chi connectivity index (χ3n) is 2.46. The minimum absolute atomic E-state index is 0.183. The van der Waals surface area contributed by atoms with E-state index in [1.165, 1.54) is 0 Å². The lowest BCUT2D eigenvalue weighted by Crippen LogP contribution is -2.35. The molecule has 92 valence electrons. The number of rotatable bonds is 4. The van der Waals surface area contributed by atoms with Crippen LogP contribution in [0.1, 0.15) is 32.1 Å². The molecule has 2 unspecified atom stereocenters. The van der Waals surface area contributed by atoms with Crippen molar-refractivity contribution >= 4 is 11.9 Å². The molecule has 0 amide bonds.